The minimum atomic E-state index is 1.26. The van der Waals surface area contributed by atoms with Crippen LogP contribution < -0.4 is 0 Å². The van der Waals surface area contributed by atoms with E-state index >= 15 is 0 Å². The summed E-state index contributed by atoms with van der Waals surface area (Å²) in [4.78, 5) is 0. The summed E-state index contributed by atoms with van der Waals surface area (Å²) >= 11 is 0. The van der Waals surface area contributed by atoms with Gasteiger partial charge in [0.15, 0.2) is 0 Å². The largest absolute Gasteiger partial charge is 0.0885 e. The molecule has 0 aromatic carbocycles. The molecular formula is C18H34. The van der Waals surface area contributed by atoms with E-state index < -0.39 is 0 Å². The third-order valence-electron chi connectivity index (χ3n) is 3.24. The lowest BCUT2D eigenvalue weighted by Gasteiger charge is -1.99. The van der Waals surface area contributed by atoms with Crippen molar-refractivity contribution in [2.75, 3.05) is 0 Å². The molecule has 0 bridgehead atoms. The first-order valence-corrected chi connectivity index (χ1v) is 8.21. The lowest BCUT2D eigenvalue weighted by Crippen LogP contribution is -1.79. The van der Waals surface area contributed by atoms with Crippen molar-refractivity contribution in [2.45, 2.75) is 90.9 Å². The fraction of sp³-hybridized carbons (Fsp3) is 0.778. The van der Waals surface area contributed by atoms with E-state index in [0.29, 0.717) is 0 Å². The van der Waals surface area contributed by atoms with Crippen LogP contribution in [0.25, 0.3) is 0 Å². The summed E-state index contributed by atoms with van der Waals surface area (Å²) in [5.41, 5.74) is 0. The van der Waals surface area contributed by atoms with Crippen LogP contribution in [-0.4, -0.2) is 0 Å². The van der Waals surface area contributed by atoms with Gasteiger partial charge >= 0.3 is 0 Å². The summed E-state index contributed by atoms with van der Waals surface area (Å²) in [6.45, 7) is 4.48. The predicted molar refractivity (Wildman–Crippen MR) is 85.0 cm³/mol. The van der Waals surface area contributed by atoms with E-state index in [-0.39, 0.29) is 0 Å². The van der Waals surface area contributed by atoms with Crippen LogP contribution in [0.1, 0.15) is 90.9 Å². The van der Waals surface area contributed by atoms with Crippen molar-refractivity contribution in [1.82, 2.24) is 0 Å². The molecule has 106 valence electrons. The minimum absolute atomic E-state index is 1.26. The van der Waals surface area contributed by atoms with Gasteiger partial charge in [0.25, 0.3) is 0 Å². The van der Waals surface area contributed by atoms with Gasteiger partial charge in [-0.15, -0.1) is 0 Å². The average molecular weight is 250 g/mol. The normalized spacial score (nSPS) is 11.9. The highest BCUT2D eigenvalue weighted by Gasteiger charge is 1.89. The Morgan fingerprint density at radius 1 is 0.444 bits per heavy atom. The Morgan fingerprint density at radius 3 is 1.17 bits per heavy atom. The number of unbranched alkanes of at least 4 members (excludes halogenated alkanes) is 9. The Balaban J connectivity index is 3.03. The maximum Gasteiger partial charge on any atom is -0.0351 e. The van der Waals surface area contributed by atoms with Crippen LogP contribution in [0.2, 0.25) is 0 Å². The molecule has 0 nitrogen and oxygen atoms in total. The molecule has 0 saturated carbocycles. The van der Waals surface area contributed by atoms with E-state index in [2.05, 4.69) is 38.2 Å². The van der Waals surface area contributed by atoms with Gasteiger partial charge in [-0.3, -0.25) is 0 Å². The standard InChI is InChI=1S/C18H34/c1-3-5-7-9-11-13-15-17-18-16-14-12-10-8-6-4-2/h7-10H,3-6,11-18H2,1-2H3/b9-7+,10-8+. The maximum absolute atomic E-state index is 2.36. The lowest BCUT2D eigenvalue weighted by atomic mass is 10.1. The van der Waals surface area contributed by atoms with Crippen LogP contribution in [-0.2, 0) is 0 Å². The van der Waals surface area contributed by atoms with Crippen molar-refractivity contribution in [3.8, 4) is 0 Å². The van der Waals surface area contributed by atoms with Gasteiger partial charge in [0.1, 0.15) is 0 Å². The third kappa shape index (κ3) is 15.5. The molecular weight excluding hydrogens is 216 g/mol. The summed E-state index contributed by atoms with van der Waals surface area (Å²) in [5, 5.41) is 0. The second-order valence-corrected chi connectivity index (χ2v) is 5.22. The van der Waals surface area contributed by atoms with Crippen molar-refractivity contribution < 1.29 is 0 Å². The zero-order chi connectivity index (χ0) is 13.3. The molecule has 0 radical (unpaired) electrons. The van der Waals surface area contributed by atoms with Gasteiger partial charge in [-0.05, 0) is 38.5 Å². The molecule has 0 aliphatic heterocycles. The minimum Gasteiger partial charge on any atom is -0.0885 e. The van der Waals surface area contributed by atoms with Crippen LogP contribution in [0.15, 0.2) is 24.3 Å². The van der Waals surface area contributed by atoms with Gasteiger partial charge in [0.2, 0.25) is 0 Å². The Kier molecular flexibility index (Phi) is 16.0. The Bertz CT molecular complexity index is 166. The topological polar surface area (TPSA) is 0 Å². The van der Waals surface area contributed by atoms with Crippen molar-refractivity contribution in [3.63, 3.8) is 0 Å². The average Bonchev–Trinajstić information content (AvgIpc) is 2.39. The van der Waals surface area contributed by atoms with Crippen molar-refractivity contribution in [1.29, 1.82) is 0 Å². The first-order valence-electron chi connectivity index (χ1n) is 8.21. The zero-order valence-corrected chi connectivity index (χ0v) is 12.8. The fourth-order valence-corrected chi connectivity index (χ4v) is 2.04. The second-order valence-electron chi connectivity index (χ2n) is 5.22. The second kappa shape index (κ2) is 16.5. The lowest BCUT2D eigenvalue weighted by molar-refractivity contribution is 0.599. The molecule has 0 atom stereocenters. The maximum atomic E-state index is 2.36. The number of rotatable bonds is 13. The molecule has 0 aromatic heterocycles. The molecule has 18 heavy (non-hydrogen) atoms. The molecule has 0 heterocycles. The van der Waals surface area contributed by atoms with Gasteiger partial charge < -0.3 is 0 Å². The van der Waals surface area contributed by atoms with Gasteiger partial charge in [-0.1, -0.05) is 76.7 Å². The Hall–Kier alpha value is -0.520. The van der Waals surface area contributed by atoms with E-state index in [4.69, 9.17) is 0 Å². The molecule has 0 saturated heterocycles. The molecule has 0 rings (SSSR count). The molecule has 0 aliphatic rings. The third-order valence-corrected chi connectivity index (χ3v) is 3.24. The SMILES string of the molecule is CCC/C=C/CCCCCCCC/C=C/CCC. The fourth-order valence-electron chi connectivity index (χ4n) is 2.04. The summed E-state index contributed by atoms with van der Waals surface area (Å²) in [6.07, 6.45) is 25.5. The highest BCUT2D eigenvalue weighted by atomic mass is 14.0. The monoisotopic (exact) mass is 250 g/mol. The molecule has 0 heteroatoms. The van der Waals surface area contributed by atoms with Crippen LogP contribution in [0.5, 0.6) is 0 Å². The van der Waals surface area contributed by atoms with E-state index in [1.807, 2.05) is 0 Å². The van der Waals surface area contributed by atoms with E-state index in [1.54, 1.807) is 0 Å². The number of hydrogen-bond acceptors (Lipinski definition) is 0. The van der Waals surface area contributed by atoms with Crippen molar-refractivity contribution in [2.24, 2.45) is 0 Å². The molecule has 0 aliphatic carbocycles. The summed E-state index contributed by atoms with van der Waals surface area (Å²) in [5.74, 6) is 0. The molecule has 0 N–H and O–H groups in total. The van der Waals surface area contributed by atoms with Crippen LogP contribution in [0, 0.1) is 0 Å². The first kappa shape index (κ1) is 17.5. The number of hydrogen-bond donors (Lipinski definition) is 0. The quantitative estimate of drug-likeness (QED) is 0.248. The van der Waals surface area contributed by atoms with Gasteiger partial charge in [0, 0.05) is 0 Å². The summed E-state index contributed by atoms with van der Waals surface area (Å²) in [7, 11) is 0. The van der Waals surface area contributed by atoms with Gasteiger partial charge in [-0.2, -0.15) is 0 Å². The Morgan fingerprint density at radius 2 is 0.778 bits per heavy atom. The van der Waals surface area contributed by atoms with Crippen molar-refractivity contribution in [3.05, 3.63) is 24.3 Å². The Labute approximate surface area is 116 Å². The number of allylic oxidation sites excluding steroid dienone is 4. The highest BCUT2D eigenvalue weighted by molar-refractivity contribution is 4.81. The van der Waals surface area contributed by atoms with Crippen LogP contribution in [0.4, 0.5) is 0 Å². The van der Waals surface area contributed by atoms with Crippen LogP contribution in [0.3, 0.4) is 0 Å². The predicted octanol–water partition coefficient (Wildman–Crippen LogP) is 6.82. The van der Waals surface area contributed by atoms with Crippen LogP contribution >= 0.6 is 0 Å². The molecule has 0 fully saturated rings. The first-order chi connectivity index (χ1) is 8.91. The smallest absolute Gasteiger partial charge is 0.0351 e. The van der Waals surface area contributed by atoms with Crippen molar-refractivity contribution >= 4 is 0 Å². The molecule has 0 aromatic rings. The molecule has 0 unspecified atom stereocenters. The highest BCUT2D eigenvalue weighted by Crippen LogP contribution is 2.09. The van der Waals surface area contributed by atoms with E-state index in [9.17, 15) is 0 Å². The molecule has 0 amide bonds. The van der Waals surface area contributed by atoms with E-state index in [0.717, 1.165) is 0 Å². The summed E-state index contributed by atoms with van der Waals surface area (Å²) < 4.78 is 0. The van der Waals surface area contributed by atoms with Gasteiger partial charge in [-0.25, -0.2) is 0 Å². The zero-order valence-electron chi connectivity index (χ0n) is 12.8. The van der Waals surface area contributed by atoms with Gasteiger partial charge in [0.05, 0.1) is 0 Å². The molecule has 0 spiro atoms. The summed E-state index contributed by atoms with van der Waals surface area (Å²) in [6, 6.07) is 0. The van der Waals surface area contributed by atoms with E-state index in [1.165, 1.54) is 77.0 Å².